The molecule has 1 aromatic heterocycles. The van der Waals surface area contributed by atoms with Gasteiger partial charge in [0.25, 0.3) is 11.5 Å². The van der Waals surface area contributed by atoms with Crippen LogP contribution in [-0.2, 0) is 6.54 Å². The second-order valence-corrected chi connectivity index (χ2v) is 5.83. The highest BCUT2D eigenvalue weighted by Crippen LogP contribution is 2.19. The fourth-order valence-electron chi connectivity index (χ4n) is 2.39. The van der Waals surface area contributed by atoms with Crippen LogP contribution in [0, 0.1) is 5.82 Å². The van der Waals surface area contributed by atoms with E-state index >= 15 is 0 Å². The molecular weight excluding hydrogens is 343 g/mol. The van der Waals surface area contributed by atoms with Gasteiger partial charge >= 0.3 is 0 Å². The Morgan fingerprint density at radius 2 is 1.84 bits per heavy atom. The number of anilines is 1. The SMILES string of the molecule is O=C(Nc1ccc(F)c(Cl)c1)c1cccn(Cc2ccccc2)c1=O. The number of nitrogens with zero attached hydrogens (tertiary/aromatic N) is 1. The van der Waals surface area contributed by atoms with Crippen molar-refractivity contribution in [2.24, 2.45) is 0 Å². The van der Waals surface area contributed by atoms with Crippen LogP contribution in [0.2, 0.25) is 5.02 Å². The average Bonchev–Trinajstić information content (AvgIpc) is 2.61. The number of carbonyl (C=O) groups is 1. The van der Waals surface area contributed by atoms with E-state index in [-0.39, 0.29) is 10.6 Å². The summed E-state index contributed by atoms with van der Waals surface area (Å²) in [7, 11) is 0. The first-order valence-corrected chi connectivity index (χ1v) is 7.92. The molecule has 0 fully saturated rings. The molecule has 1 heterocycles. The molecule has 3 aromatic rings. The van der Waals surface area contributed by atoms with Gasteiger partial charge in [0.15, 0.2) is 0 Å². The van der Waals surface area contributed by atoms with Crippen molar-refractivity contribution in [1.29, 1.82) is 0 Å². The molecule has 0 spiro atoms. The number of benzene rings is 2. The van der Waals surface area contributed by atoms with Crippen LogP contribution in [0.4, 0.5) is 10.1 Å². The van der Waals surface area contributed by atoms with Gasteiger partial charge in [0.2, 0.25) is 0 Å². The molecule has 1 amide bonds. The van der Waals surface area contributed by atoms with E-state index in [1.165, 1.54) is 22.8 Å². The molecule has 0 bridgehead atoms. The Bertz CT molecular complexity index is 971. The highest BCUT2D eigenvalue weighted by Gasteiger charge is 2.13. The predicted octanol–water partition coefficient (Wildman–Crippen LogP) is 3.94. The highest BCUT2D eigenvalue weighted by molar-refractivity contribution is 6.31. The molecule has 6 heteroatoms. The highest BCUT2D eigenvalue weighted by atomic mass is 35.5. The molecule has 0 aliphatic carbocycles. The number of rotatable bonds is 4. The minimum absolute atomic E-state index is 0.00104. The Morgan fingerprint density at radius 3 is 2.56 bits per heavy atom. The van der Waals surface area contributed by atoms with Crippen LogP contribution in [-0.4, -0.2) is 10.5 Å². The van der Waals surface area contributed by atoms with Gasteiger partial charge in [-0.15, -0.1) is 0 Å². The van der Waals surface area contributed by atoms with Crippen molar-refractivity contribution in [3.8, 4) is 0 Å². The molecule has 0 atom stereocenters. The first kappa shape index (κ1) is 16.9. The van der Waals surface area contributed by atoms with Crippen LogP contribution in [0.15, 0.2) is 71.7 Å². The lowest BCUT2D eigenvalue weighted by Crippen LogP contribution is -2.29. The Balaban J connectivity index is 1.84. The van der Waals surface area contributed by atoms with Gasteiger partial charge in [0.05, 0.1) is 11.6 Å². The first-order valence-electron chi connectivity index (χ1n) is 7.54. The molecule has 2 aromatic carbocycles. The summed E-state index contributed by atoms with van der Waals surface area (Å²) in [6, 6.07) is 16.4. The lowest BCUT2D eigenvalue weighted by molar-refractivity contribution is 0.102. The van der Waals surface area contributed by atoms with E-state index in [0.717, 1.165) is 11.6 Å². The Kier molecular flexibility index (Phi) is 4.95. The molecule has 0 aliphatic heterocycles. The summed E-state index contributed by atoms with van der Waals surface area (Å²) in [5, 5.41) is 2.45. The maximum atomic E-state index is 13.2. The van der Waals surface area contributed by atoms with Crippen molar-refractivity contribution in [2.75, 3.05) is 5.32 Å². The third-order valence-electron chi connectivity index (χ3n) is 3.64. The number of hydrogen-bond acceptors (Lipinski definition) is 2. The predicted molar refractivity (Wildman–Crippen MR) is 95.6 cm³/mol. The van der Waals surface area contributed by atoms with Gasteiger partial charge in [-0.25, -0.2) is 4.39 Å². The van der Waals surface area contributed by atoms with Crippen LogP contribution < -0.4 is 10.9 Å². The molecule has 25 heavy (non-hydrogen) atoms. The smallest absolute Gasteiger partial charge is 0.263 e. The number of amides is 1. The monoisotopic (exact) mass is 356 g/mol. The lowest BCUT2D eigenvalue weighted by Gasteiger charge is -2.09. The first-order chi connectivity index (χ1) is 12.0. The van der Waals surface area contributed by atoms with Crippen LogP contribution in [0.1, 0.15) is 15.9 Å². The fraction of sp³-hybridized carbons (Fsp3) is 0.0526. The van der Waals surface area contributed by atoms with E-state index < -0.39 is 17.3 Å². The minimum atomic E-state index is -0.579. The van der Waals surface area contributed by atoms with Gasteiger partial charge in [-0.1, -0.05) is 41.9 Å². The number of aromatic nitrogens is 1. The third-order valence-corrected chi connectivity index (χ3v) is 3.93. The topological polar surface area (TPSA) is 51.1 Å². The van der Waals surface area contributed by atoms with Crippen molar-refractivity contribution < 1.29 is 9.18 Å². The molecule has 3 rings (SSSR count). The number of halogens is 2. The van der Waals surface area contributed by atoms with Crippen LogP contribution in [0.5, 0.6) is 0 Å². The van der Waals surface area contributed by atoms with E-state index in [0.29, 0.717) is 12.2 Å². The van der Waals surface area contributed by atoms with E-state index in [4.69, 9.17) is 11.6 Å². The van der Waals surface area contributed by atoms with E-state index in [2.05, 4.69) is 5.32 Å². The van der Waals surface area contributed by atoms with Gasteiger partial charge < -0.3 is 9.88 Å². The summed E-state index contributed by atoms with van der Waals surface area (Å²) in [5.74, 6) is -1.15. The Morgan fingerprint density at radius 1 is 1.08 bits per heavy atom. The maximum Gasteiger partial charge on any atom is 0.263 e. The van der Waals surface area contributed by atoms with Crippen molar-refractivity contribution in [1.82, 2.24) is 4.57 Å². The molecule has 126 valence electrons. The van der Waals surface area contributed by atoms with Gasteiger partial charge in [0.1, 0.15) is 11.4 Å². The zero-order chi connectivity index (χ0) is 17.8. The van der Waals surface area contributed by atoms with Gasteiger partial charge in [0, 0.05) is 11.9 Å². The number of nitrogens with one attached hydrogen (secondary N) is 1. The van der Waals surface area contributed by atoms with Crippen molar-refractivity contribution in [2.45, 2.75) is 6.54 Å². The zero-order valence-corrected chi connectivity index (χ0v) is 13.8. The molecule has 0 saturated carbocycles. The van der Waals surface area contributed by atoms with Crippen molar-refractivity contribution in [3.05, 3.63) is 99.2 Å². The van der Waals surface area contributed by atoms with Crippen LogP contribution in [0.3, 0.4) is 0 Å². The quantitative estimate of drug-likeness (QED) is 0.769. The molecule has 4 nitrogen and oxygen atoms in total. The number of hydrogen-bond donors (Lipinski definition) is 1. The standard InChI is InChI=1S/C19H14ClFN2O2/c20-16-11-14(8-9-17(16)21)22-18(24)15-7-4-10-23(19(15)25)12-13-5-2-1-3-6-13/h1-11H,12H2,(H,22,24). The Hall–Kier alpha value is -2.92. The van der Waals surface area contributed by atoms with Gasteiger partial charge in [-0.2, -0.15) is 0 Å². The van der Waals surface area contributed by atoms with Crippen molar-refractivity contribution >= 4 is 23.2 Å². The normalized spacial score (nSPS) is 10.5. The van der Waals surface area contributed by atoms with Gasteiger partial charge in [-0.3, -0.25) is 9.59 Å². The summed E-state index contributed by atoms with van der Waals surface area (Å²) in [6.07, 6.45) is 1.63. The molecule has 0 radical (unpaired) electrons. The third kappa shape index (κ3) is 3.95. The van der Waals surface area contributed by atoms with Crippen molar-refractivity contribution in [3.63, 3.8) is 0 Å². The largest absolute Gasteiger partial charge is 0.322 e. The van der Waals surface area contributed by atoms with Gasteiger partial charge in [-0.05, 0) is 35.9 Å². The summed E-state index contributed by atoms with van der Waals surface area (Å²) in [6.45, 7) is 0.364. The van der Waals surface area contributed by atoms with Crippen LogP contribution in [0.25, 0.3) is 0 Å². The summed E-state index contributed by atoms with van der Waals surface area (Å²) in [5.41, 5.74) is 0.859. The number of pyridine rings is 1. The molecule has 1 N–H and O–H groups in total. The van der Waals surface area contributed by atoms with E-state index in [1.54, 1.807) is 12.3 Å². The minimum Gasteiger partial charge on any atom is -0.322 e. The summed E-state index contributed by atoms with van der Waals surface area (Å²) >= 11 is 5.70. The van der Waals surface area contributed by atoms with Crippen LogP contribution >= 0.6 is 11.6 Å². The fourth-order valence-corrected chi connectivity index (χ4v) is 2.57. The average molecular weight is 357 g/mol. The number of carbonyl (C=O) groups excluding carboxylic acids is 1. The molecule has 0 unspecified atom stereocenters. The van der Waals surface area contributed by atoms with E-state index in [1.807, 2.05) is 30.3 Å². The second-order valence-electron chi connectivity index (χ2n) is 5.42. The van der Waals surface area contributed by atoms with E-state index in [9.17, 15) is 14.0 Å². The maximum absolute atomic E-state index is 13.2. The summed E-state index contributed by atoms with van der Waals surface area (Å²) in [4.78, 5) is 24.9. The molecule has 0 saturated heterocycles. The second kappa shape index (κ2) is 7.32. The molecule has 0 aliphatic rings. The summed E-state index contributed by atoms with van der Waals surface area (Å²) < 4.78 is 14.6. The zero-order valence-electron chi connectivity index (χ0n) is 13.1. The lowest BCUT2D eigenvalue weighted by atomic mass is 10.2. The molecular formula is C19H14ClFN2O2. The Labute approximate surface area is 148 Å².